The molecule has 0 spiro atoms. The molecule has 18 heavy (non-hydrogen) atoms. The van der Waals surface area contributed by atoms with E-state index in [1.807, 2.05) is 11.7 Å². The van der Waals surface area contributed by atoms with E-state index < -0.39 is 0 Å². The normalized spacial score (nSPS) is 27.9. The van der Waals surface area contributed by atoms with Crippen molar-refractivity contribution >= 4 is 11.6 Å². The Morgan fingerprint density at radius 3 is 2.78 bits per heavy atom. The van der Waals surface area contributed by atoms with Gasteiger partial charge in [-0.1, -0.05) is 25.4 Å². The minimum atomic E-state index is 0.357. The summed E-state index contributed by atoms with van der Waals surface area (Å²) >= 11 is 6.44. The molecule has 0 amide bonds. The van der Waals surface area contributed by atoms with Crippen molar-refractivity contribution in [2.24, 2.45) is 12.5 Å². The molecule has 2 atom stereocenters. The quantitative estimate of drug-likeness (QED) is 0.911. The highest BCUT2D eigenvalue weighted by Crippen LogP contribution is 2.41. The lowest BCUT2D eigenvalue weighted by Crippen LogP contribution is -2.25. The molecule has 1 aliphatic rings. The van der Waals surface area contributed by atoms with E-state index in [-0.39, 0.29) is 0 Å². The number of nitrogens with one attached hydrogen (secondary N) is 1. The highest BCUT2D eigenvalue weighted by Gasteiger charge is 2.36. The highest BCUT2D eigenvalue weighted by molar-refractivity contribution is 6.31. The van der Waals surface area contributed by atoms with E-state index in [9.17, 15) is 0 Å². The molecule has 0 radical (unpaired) electrons. The van der Waals surface area contributed by atoms with E-state index >= 15 is 0 Å². The van der Waals surface area contributed by atoms with Gasteiger partial charge in [-0.25, -0.2) is 0 Å². The number of nitrogens with zero attached hydrogens (tertiary/aromatic N) is 2. The first kappa shape index (κ1) is 13.9. The summed E-state index contributed by atoms with van der Waals surface area (Å²) in [6.45, 7) is 4.48. The zero-order valence-corrected chi connectivity index (χ0v) is 12.6. The number of aryl methyl sites for hydroxylation is 2. The predicted molar refractivity (Wildman–Crippen MR) is 76.1 cm³/mol. The smallest absolute Gasteiger partial charge is 0.0849 e. The maximum atomic E-state index is 6.44. The monoisotopic (exact) mass is 269 g/mol. The van der Waals surface area contributed by atoms with Crippen LogP contribution in [0.5, 0.6) is 0 Å². The molecule has 0 aliphatic heterocycles. The van der Waals surface area contributed by atoms with Crippen LogP contribution in [0.25, 0.3) is 0 Å². The van der Waals surface area contributed by atoms with E-state index in [2.05, 4.69) is 31.3 Å². The van der Waals surface area contributed by atoms with E-state index in [1.54, 1.807) is 0 Å². The zero-order valence-electron chi connectivity index (χ0n) is 11.9. The number of hydrogen-bond acceptors (Lipinski definition) is 2. The fourth-order valence-electron chi connectivity index (χ4n) is 3.14. The lowest BCUT2D eigenvalue weighted by molar-refractivity contribution is 0.316. The fourth-order valence-corrected chi connectivity index (χ4v) is 3.51. The van der Waals surface area contributed by atoms with Gasteiger partial charge in [0.05, 0.1) is 16.4 Å². The second-order valence-corrected chi connectivity index (χ2v) is 6.28. The van der Waals surface area contributed by atoms with Crippen LogP contribution in [-0.4, -0.2) is 22.9 Å². The number of hydrogen-bond donors (Lipinski definition) is 1. The van der Waals surface area contributed by atoms with Crippen LogP contribution in [0.3, 0.4) is 0 Å². The van der Waals surface area contributed by atoms with E-state index in [0.29, 0.717) is 11.5 Å². The van der Waals surface area contributed by atoms with E-state index in [4.69, 9.17) is 11.6 Å². The van der Waals surface area contributed by atoms with Gasteiger partial charge in [0, 0.05) is 13.1 Å². The average molecular weight is 270 g/mol. The molecule has 1 heterocycles. The van der Waals surface area contributed by atoms with Crippen LogP contribution < -0.4 is 5.32 Å². The molecule has 102 valence electrons. The van der Waals surface area contributed by atoms with Gasteiger partial charge in [-0.3, -0.25) is 4.68 Å². The molecule has 1 aromatic rings. The van der Waals surface area contributed by atoms with Gasteiger partial charge >= 0.3 is 0 Å². The first-order valence-electron chi connectivity index (χ1n) is 6.86. The summed E-state index contributed by atoms with van der Waals surface area (Å²) in [6.07, 6.45) is 5.70. The van der Waals surface area contributed by atoms with Gasteiger partial charge in [-0.05, 0) is 44.6 Å². The maximum absolute atomic E-state index is 6.44. The maximum Gasteiger partial charge on any atom is 0.0849 e. The van der Waals surface area contributed by atoms with Crippen molar-refractivity contribution in [1.82, 2.24) is 15.1 Å². The first-order valence-corrected chi connectivity index (χ1v) is 7.24. The lowest BCUT2D eigenvalue weighted by Gasteiger charge is -2.24. The predicted octanol–water partition coefficient (Wildman–Crippen LogP) is 2.96. The molecule has 2 rings (SSSR count). The minimum Gasteiger partial charge on any atom is -0.317 e. The molecule has 0 bridgehead atoms. The number of aromatic nitrogens is 2. The van der Waals surface area contributed by atoms with E-state index in [1.165, 1.54) is 25.0 Å². The second-order valence-electron chi connectivity index (χ2n) is 5.90. The molecule has 1 aliphatic carbocycles. The van der Waals surface area contributed by atoms with Crippen LogP contribution in [-0.2, 0) is 19.9 Å². The molecule has 0 aromatic carbocycles. The Hall–Kier alpha value is -0.540. The molecule has 2 unspecified atom stereocenters. The standard InChI is InChI=1S/C14H24ClN3/c1-5-11-13(15)12(18(4)17-11)9-14(2)7-6-10(8-14)16-3/h10,16H,5-9H2,1-4H3. The summed E-state index contributed by atoms with van der Waals surface area (Å²) in [7, 11) is 4.07. The SMILES string of the molecule is CCc1nn(C)c(CC2(C)CCC(NC)C2)c1Cl. The summed E-state index contributed by atoms with van der Waals surface area (Å²) in [5.74, 6) is 0. The molecular formula is C14H24ClN3. The second kappa shape index (κ2) is 5.22. The average Bonchev–Trinajstić information content (AvgIpc) is 2.85. The van der Waals surface area contributed by atoms with Gasteiger partial charge in [-0.15, -0.1) is 0 Å². The molecule has 4 heteroatoms. The van der Waals surface area contributed by atoms with Crippen LogP contribution in [0.4, 0.5) is 0 Å². The van der Waals surface area contributed by atoms with Crippen LogP contribution >= 0.6 is 11.6 Å². The molecule has 1 fully saturated rings. The van der Waals surface area contributed by atoms with Gasteiger partial charge in [-0.2, -0.15) is 5.10 Å². The molecule has 3 nitrogen and oxygen atoms in total. The van der Waals surface area contributed by atoms with Gasteiger partial charge in [0.25, 0.3) is 0 Å². The Kier molecular flexibility index (Phi) is 4.02. The van der Waals surface area contributed by atoms with Gasteiger partial charge in [0.2, 0.25) is 0 Å². The highest BCUT2D eigenvalue weighted by atomic mass is 35.5. The topological polar surface area (TPSA) is 29.9 Å². The van der Waals surface area contributed by atoms with Crippen LogP contribution in [0, 0.1) is 5.41 Å². The van der Waals surface area contributed by atoms with Crippen molar-refractivity contribution in [2.45, 2.75) is 52.0 Å². The molecule has 1 N–H and O–H groups in total. The summed E-state index contributed by atoms with van der Waals surface area (Å²) in [4.78, 5) is 0. The number of rotatable bonds is 4. The first-order chi connectivity index (χ1) is 8.49. The third-order valence-electron chi connectivity index (χ3n) is 4.34. The largest absolute Gasteiger partial charge is 0.317 e. The van der Waals surface area contributed by atoms with Crippen LogP contribution in [0.15, 0.2) is 0 Å². The Morgan fingerprint density at radius 1 is 1.56 bits per heavy atom. The third-order valence-corrected chi connectivity index (χ3v) is 4.78. The van der Waals surface area contributed by atoms with Crippen molar-refractivity contribution in [3.8, 4) is 0 Å². The van der Waals surface area contributed by atoms with Crippen molar-refractivity contribution < 1.29 is 0 Å². The number of halogens is 1. The lowest BCUT2D eigenvalue weighted by atomic mass is 9.83. The Bertz CT molecular complexity index is 427. The van der Waals surface area contributed by atoms with Crippen LogP contribution in [0.2, 0.25) is 5.02 Å². The van der Waals surface area contributed by atoms with Crippen LogP contribution in [0.1, 0.15) is 44.5 Å². The van der Waals surface area contributed by atoms with Gasteiger partial charge in [0.15, 0.2) is 0 Å². The summed E-state index contributed by atoms with van der Waals surface area (Å²) in [5.41, 5.74) is 2.59. The Labute approximate surface area is 115 Å². The van der Waals surface area contributed by atoms with Gasteiger partial charge in [0.1, 0.15) is 0 Å². The van der Waals surface area contributed by atoms with Crippen molar-refractivity contribution in [2.75, 3.05) is 7.05 Å². The fraction of sp³-hybridized carbons (Fsp3) is 0.786. The molecule has 1 saturated carbocycles. The van der Waals surface area contributed by atoms with Crippen molar-refractivity contribution in [3.63, 3.8) is 0 Å². The summed E-state index contributed by atoms with van der Waals surface area (Å²) in [6, 6.07) is 0.660. The summed E-state index contributed by atoms with van der Waals surface area (Å²) < 4.78 is 1.97. The van der Waals surface area contributed by atoms with Crippen molar-refractivity contribution in [1.29, 1.82) is 0 Å². The Balaban J connectivity index is 2.17. The minimum absolute atomic E-state index is 0.357. The Morgan fingerprint density at radius 2 is 2.28 bits per heavy atom. The van der Waals surface area contributed by atoms with E-state index in [0.717, 1.165) is 23.6 Å². The van der Waals surface area contributed by atoms with Crippen molar-refractivity contribution in [3.05, 3.63) is 16.4 Å². The molecule has 0 saturated heterocycles. The zero-order chi connectivity index (χ0) is 13.3. The van der Waals surface area contributed by atoms with Gasteiger partial charge < -0.3 is 5.32 Å². The molecule has 1 aromatic heterocycles. The molecular weight excluding hydrogens is 246 g/mol. The summed E-state index contributed by atoms with van der Waals surface area (Å²) in [5, 5.41) is 8.79. The third kappa shape index (κ3) is 2.57.